The van der Waals surface area contributed by atoms with Crippen LogP contribution in [0, 0.1) is 4.77 Å². The molecule has 0 saturated heterocycles. The lowest BCUT2D eigenvalue weighted by Crippen LogP contribution is -2.15. The van der Waals surface area contributed by atoms with Crippen LogP contribution in [0.25, 0.3) is 11.4 Å². The lowest BCUT2D eigenvalue weighted by atomic mass is 9.99. The topological polar surface area (TPSA) is 106 Å². The molecule has 0 atom stereocenters. The summed E-state index contributed by atoms with van der Waals surface area (Å²) in [5.74, 6) is 1.14. The zero-order chi connectivity index (χ0) is 20.1. The summed E-state index contributed by atoms with van der Waals surface area (Å²) in [6.07, 6.45) is 0. The summed E-state index contributed by atoms with van der Waals surface area (Å²) in [5.41, 5.74) is 1.19. The van der Waals surface area contributed by atoms with Crippen molar-refractivity contribution in [2.75, 3.05) is 6.79 Å². The van der Waals surface area contributed by atoms with E-state index in [1.165, 1.54) is 24.3 Å². The van der Waals surface area contributed by atoms with E-state index in [2.05, 4.69) is 10.2 Å². The molecule has 146 valence electrons. The number of fused-ring (bicyclic) bond motifs is 1. The number of nitrogens with one attached hydrogen (secondary N) is 1. The second-order valence-corrected chi connectivity index (χ2v) is 8.74. The number of benzene rings is 2. The molecule has 3 aromatic rings. The van der Waals surface area contributed by atoms with Gasteiger partial charge in [0.15, 0.2) is 17.3 Å². The molecule has 2 heterocycles. The molecule has 0 amide bonds. The van der Waals surface area contributed by atoms with Gasteiger partial charge in [-0.15, -0.1) is 0 Å². The van der Waals surface area contributed by atoms with Crippen molar-refractivity contribution in [3.63, 3.8) is 0 Å². The average Bonchev–Trinajstić information content (AvgIpc) is 3.27. The Morgan fingerprint density at radius 2 is 1.93 bits per heavy atom. The Morgan fingerprint density at radius 1 is 1.18 bits per heavy atom. The summed E-state index contributed by atoms with van der Waals surface area (Å²) in [4.78, 5) is -0.00152. The Morgan fingerprint density at radius 3 is 2.68 bits per heavy atom. The molecule has 10 heteroatoms. The third-order valence-electron chi connectivity index (χ3n) is 4.42. The number of aromatic amines is 1. The highest BCUT2D eigenvalue weighted by Gasteiger charge is 2.26. The molecule has 0 radical (unpaired) electrons. The lowest BCUT2D eigenvalue weighted by Gasteiger charge is -2.12. The summed E-state index contributed by atoms with van der Waals surface area (Å²) < 4.78 is 38.0. The first-order chi connectivity index (χ1) is 13.3. The quantitative estimate of drug-likeness (QED) is 0.624. The van der Waals surface area contributed by atoms with Gasteiger partial charge < -0.3 is 14.6 Å². The van der Waals surface area contributed by atoms with Crippen LogP contribution in [0.2, 0.25) is 0 Å². The van der Waals surface area contributed by atoms with Crippen molar-refractivity contribution in [1.82, 2.24) is 14.2 Å². The number of phenols is 1. The number of aromatic nitrogens is 3. The van der Waals surface area contributed by atoms with Crippen LogP contribution in [-0.2, 0) is 10.0 Å². The van der Waals surface area contributed by atoms with Crippen LogP contribution in [0.15, 0.2) is 41.3 Å². The minimum absolute atomic E-state index is 0.00152. The maximum atomic E-state index is 13.3. The van der Waals surface area contributed by atoms with Gasteiger partial charge in [-0.25, -0.2) is 8.42 Å². The smallest absolute Gasteiger partial charge is 0.271 e. The van der Waals surface area contributed by atoms with Crippen LogP contribution in [0.1, 0.15) is 25.3 Å². The van der Waals surface area contributed by atoms with Gasteiger partial charge in [0.1, 0.15) is 5.75 Å². The fourth-order valence-corrected chi connectivity index (χ4v) is 4.76. The highest BCUT2D eigenvalue weighted by Crippen LogP contribution is 2.36. The summed E-state index contributed by atoms with van der Waals surface area (Å²) >= 11 is 5.19. The molecule has 2 aromatic carbocycles. The number of ether oxygens (including phenoxy) is 2. The molecule has 4 rings (SSSR count). The molecule has 28 heavy (non-hydrogen) atoms. The van der Waals surface area contributed by atoms with Gasteiger partial charge >= 0.3 is 0 Å². The van der Waals surface area contributed by atoms with Crippen molar-refractivity contribution in [1.29, 1.82) is 0 Å². The molecule has 0 unspecified atom stereocenters. The second kappa shape index (κ2) is 6.64. The number of nitrogens with zero attached hydrogens (tertiary/aromatic N) is 2. The number of phenolic OH excluding ortho intramolecular Hbond substituents is 1. The van der Waals surface area contributed by atoms with Crippen LogP contribution in [0.4, 0.5) is 0 Å². The van der Waals surface area contributed by atoms with Crippen LogP contribution in [0.5, 0.6) is 17.2 Å². The largest absolute Gasteiger partial charge is 0.508 e. The molecule has 0 spiro atoms. The molecule has 2 N–H and O–H groups in total. The number of H-pyrrole nitrogens is 1. The lowest BCUT2D eigenvalue weighted by molar-refractivity contribution is 0.174. The van der Waals surface area contributed by atoms with Gasteiger partial charge in [0.2, 0.25) is 11.6 Å². The Kier molecular flexibility index (Phi) is 4.39. The Hall–Kier alpha value is -2.85. The van der Waals surface area contributed by atoms with E-state index in [4.69, 9.17) is 21.7 Å². The van der Waals surface area contributed by atoms with Crippen molar-refractivity contribution >= 4 is 22.2 Å². The van der Waals surface area contributed by atoms with Crippen molar-refractivity contribution in [2.45, 2.75) is 24.7 Å². The molecule has 1 aliphatic rings. The van der Waals surface area contributed by atoms with Gasteiger partial charge in [0.05, 0.1) is 4.90 Å². The minimum atomic E-state index is -4.05. The molecule has 0 bridgehead atoms. The van der Waals surface area contributed by atoms with Crippen LogP contribution >= 0.6 is 12.2 Å². The zero-order valence-electron chi connectivity index (χ0n) is 15.0. The average molecular weight is 419 g/mol. The third kappa shape index (κ3) is 2.94. The fraction of sp³-hybridized carbons (Fsp3) is 0.222. The number of aromatic hydroxyl groups is 1. The van der Waals surface area contributed by atoms with E-state index in [9.17, 15) is 13.5 Å². The maximum absolute atomic E-state index is 13.3. The first-order valence-electron chi connectivity index (χ1n) is 8.45. The first kappa shape index (κ1) is 18.5. The van der Waals surface area contributed by atoms with Crippen LogP contribution in [0.3, 0.4) is 0 Å². The van der Waals surface area contributed by atoms with Gasteiger partial charge in [0.25, 0.3) is 10.0 Å². The number of hydrogen-bond donors (Lipinski definition) is 2. The maximum Gasteiger partial charge on any atom is 0.271 e. The van der Waals surface area contributed by atoms with Crippen molar-refractivity contribution in [3.05, 3.63) is 46.7 Å². The van der Waals surface area contributed by atoms with Gasteiger partial charge in [-0.2, -0.15) is 9.07 Å². The third-order valence-corrected chi connectivity index (χ3v) is 6.50. The Labute approximate surface area is 166 Å². The molecule has 1 aliphatic heterocycles. The normalized spacial score (nSPS) is 13.2. The van der Waals surface area contributed by atoms with E-state index >= 15 is 0 Å². The number of hydrogen-bond acceptors (Lipinski definition) is 7. The molecule has 0 aliphatic carbocycles. The zero-order valence-corrected chi connectivity index (χ0v) is 16.7. The van der Waals surface area contributed by atoms with Gasteiger partial charge in [0, 0.05) is 11.6 Å². The summed E-state index contributed by atoms with van der Waals surface area (Å²) in [5, 5.41) is 16.7. The highest BCUT2D eigenvalue weighted by atomic mass is 32.2. The van der Waals surface area contributed by atoms with E-state index < -0.39 is 10.0 Å². The highest BCUT2D eigenvalue weighted by molar-refractivity contribution is 7.90. The van der Waals surface area contributed by atoms with Crippen molar-refractivity contribution in [3.8, 4) is 28.6 Å². The molecule has 0 fully saturated rings. The standard InChI is InChI=1S/C18H17N3O5S2/c1-10(2)13-7-11(3-5-14(13)22)17-19-20-18(27)21(17)28(23,24)12-4-6-15-16(8-12)26-9-25-15/h3-8,10,22H,9H2,1-2H3,(H,20,27). The van der Waals surface area contributed by atoms with E-state index in [1.807, 2.05) is 13.8 Å². The van der Waals surface area contributed by atoms with E-state index in [0.717, 1.165) is 3.97 Å². The van der Waals surface area contributed by atoms with Crippen LogP contribution in [-0.4, -0.2) is 34.5 Å². The van der Waals surface area contributed by atoms with Crippen molar-refractivity contribution in [2.24, 2.45) is 0 Å². The molecular formula is C18H17N3O5S2. The fourth-order valence-electron chi connectivity index (χ4n) is 2.99. The van der Waals surface area contributed by atoms with E-state index in [-0.39, 0.29) is 34.0 Å². The predicted octanol–water partition coefficient (Wildman–Crippen LogP) is 3.40. The Bertz CT molecular complexity index is 1230. The predicted molar refractivity (Wildman–Crippen MR) is 104 cm³/mol. The van der Waals surface area contributed by atoms with Gasteiger partial charge in [-0.3, -0.25) is 5.10 Å². The summed E-state index contributed by atoms with van der Waals surface area (Å²) in [6, 6.07) is 9.18. The van der Waals surface area contributed by atoms with Crippen LogP contribution < -0.4 is 9.47 Å². The second-order valence-electron chi connectivity index (χ2n) is 6.57. The van der Waals surface area contributed by atoms with E-state index in [0.29, 0.717) is 22.6 Å². The number of rotatable bonds is 4. The SMILES string of the molecule is CC(C)c1cc(-c2n[nH]c(=S)n2S(=O)(=O)c2ccc3c(c2)OCO3)ccc1O. The molecule has 1 aromatic heterocycles. The first-order valence-corrected chi connectivity index (χ1v) is 10.3. The van der Waals surface area contributed by atoms with Crippen molar-refractivity contribution < 1.29 is 23.0 Å². The summed E-state index contributed by atoms with van der Waals surface area (Å²) in [7, 11) is -4.05. The van der Waals surface area contributed by atoms with Gasteiger partial charge in [-0.05, 0) is 54.0 Å². The Balaban J connectivity index is 1.88. The van der Waals surface area contributed by atoms with Gasteiger partial charge in [-0.1, -0.05) is 13.8 Å². The van der Waals surface area contributed by atoms with E-state index in [1.54, 1.807) is 12.1 Å². The molecular weight excluding hydrogens is 402 g/mol. The minimum Gasteiger partial charge on any atom is -0.508 e. The molecule has 0 saturated carbocycles. The summed E-state index contributed by atoms with van der Waals surface area (Å²) in [6.45, 7) is 3.90. The molecule has 8 nitrogen and oxygen atoms in total. The monoisotopic (exact) mass is 419 g/mol.